The van der Waals surface area contributed by atoms with Crippen LogP contribution in [-0.4, -0.2) is 30.9 Å². The fourth-order valence-corrected chi connectivity index (χ4v) is 5.80. The summed E-state index contributed by atoms with van der Waals surface area (Å²) in [5.41, 5.74) is 0.451. The van der Waals surface area contributed by atoms with Gasteiger partial charge in [0, 0.05) is 17.6 Å². The van der Waals surface area contributed by atoms with Crippen LogP contribution in [0.5, 0.6) is 0 Å². The standard InChI is InChI=1S/C22H28N2O4/c25-19(22-11-15-8-16(12-22)10-17(9-15)13-22)14-28-20(26)6-7-23-21(27)24-18-4-2-1-3-5-18/h1-5,15-17H,6-14H2,(H2,23,24,27). The van der Waals surface area contributed by atoms with Gasteiger partial charge in [-0.15, -0.1) is 0 Å². The minimum Gasteiger partial charge on any atom is -0.458 e. The SMILES string of the molecule is O=C(NCCC(=O)OCC(=O)C12CC3CC(CC(C3)C1)C2)Nc1ccccc1. The number of urea groups is 1. The van der Waals surface area contributed by atoms with Gasteiger partial charge in [0.15, 0.2) is 12.4 Å². The summed E-state index contributed by atoms with van der Waals surface area (Å²) in [5, 5.41) is 5.31. The van der Waals surface area contributed by atoms with Crippen molar-refractivity contribution < 1.29 is 19.1 Å². The molecule has 28 heavy (non-hydrogen) atoms. The zero-order valence-electron chi connectivity index (χ0n) is 16.1. The van der Waals surface area contributed by atoms with E-state index in [1.165, 1.54) is 19.3 Å². The molecule has 0 saturated heterocycles. The molecule has 2 amide bonds. The van der Waals surface area contributed by atoms with E-state index >= 15 is 0 Å². The second-order valence-electron chi connectivity index (χ2n) is 8.78. The summed E-state index contributed by atoms with van der Waals surface area (Å²) in [6.45, 7) is 0.0459. The van der Waals surface area contributed by atoms with Crippen LogP contribution in [-0.2, 0) is 14.3 Å². The first-order valence-electron chi connectivity index (χ1n) is 10.3. The van der Waals surface area contributed by atoms with E-state index in [9.17, 15) is 14.4 Å². The summed E-state index contributed by atoms with van der Waals surface area (Å²) in [7, 11) is 0. The first-order valence-corrected chi connectivity index (χ1v) is 10.3. The van der Waals surface area contributed by atoms with Crippen LogP contribution in [0.25, 0.3) is 0 Å². The number of para-hydroxylation sites is 1. The molecule has 0 aromatic heterocycles. The zero-order valence-corrected chi connectivity index (χ0v) is 16.1. The lowest BCUT2D eigenvalue weighted by Gasteiger charge is -2.55. The second kappa shape index (κ2) is 7.94. The van der Waals surface area contributed by atoms with Gasteiger partial charge in [0.25, 0.3) is 0 Å². The van der Waals surface area contributed by atoms with Gasteiger partial charge in [0.1, 0.15) is 0 Å². The van der Waals surface area contributed by atoms with Crippen LogP contribution in [0.2, 0.25) is 0 Å². The number of esters is 1. The highest BCUT2D eigenvalue weighted by Gasteiger charge is 2.54. The molecule has 0 unspecified atom stereocenters. The van der Waals surface area contributed by atoms with Crippen molar-refractivity contribution in [1.29, 1.82) is 0 Å². The van der Waals surface area contributed by atoms with Gasteiger partial charge in [-0.05, 0) is 68.4 Å². The number of carbonyl (C=O) groups is 3. The van der Waals surface area contributed by atoms with E-state index in [1.807, 2.05) is 18.2 Å². The Morgan fingerprint density at radius 3 is 2.18 bits per heavy atom. The number of nitrogens with one attached hydrogen (secondary N) is 2. The van der Waals surface area contributed by atoms with E-state index < -0.39 is 5.97 Å². The average molecular weight is 384 g/mol. The summed E-state index contributed by atoms with van der Waals surface area (Å²) in [5.74, 6) is 1.74. The lowest BCUT2D eigenvalue weighted by molar-refractivity contribution is -0.157. The molecule has 4 aliphatic rings. The van der Waals surface area contributed by atoms with E-state index in [2.05, 4.69) is 10.6 Å². The molecule has 6 nitrogen and oxygen atoms in total. The summed E-state index contributed by atoms with van der Waals surface area (Å²) >= 11 is 0. The number of amides is 2. The normalized spacial score (nSPS) is 29.9. The molecule has 0 aliphatic heterocycles. The summed E-state index contributed by atoms with van der Waals surface area (Å²) in [4.78, 5) is 36.6. The maximum Gasteiger partial charge on any atom is 0.319 e. The van der Waals surface area contributed by atoms with E-state index in [4.69, 9.17) is 4.74 Å². The molecular formula is C22H28N2O4. The largest absolute Gasteiger partial charge is 0.458 e. The Hall–Kier alpha value is -2.37. The number of ketones is 1. The molecule has 1 aromatic rings. The number of hydrogen-bond donors (Lipinski definition) is 2. The van der Waals surface area contributed by atoms with Crippen molar-refractivity contribution in [1.82, 2.24) is 5.32 Å². The first kappa shape index (κ1) is 19.0. The summed E-state index contributed by atoms with van der Waals surface area (Å²) in [6.07, 6.45) is 6.84. The maximum atomic E-state index is 12.8. The van der Waals surface area contributed by atoms with Crippen LogP contribution >= 0.6 is 0 Å². The Kier molecular flexibility index (Phi) is 5.38. The monoisotopic (exact) mass is 384 g/mol. The number of anilines is 1. The molecule has 0 heterocycles. The van der Waals surface area contributed by atoms with Gasteiger partial charge in [0.2, 0.25) is 0 Å². The number of carbonyl (C=O) groups excluding carboxylic acids is 3. The summed E-state index contributed by atoms with van der Waals surface area (Å²) in [6, 6.07) is 8.71. The van der Waals surface area contributed by atoms with Crippen LogP contribution in [0, 0.1) is 23.2 Å². The van der Waals surface area contributed by atoms with Gasteiger partial charge in [-0.3, -0.25) is 9.59 Å². The van der Waals surface area contributed by atoms with Crippen molar-refractivity contribution in [3.05, 3.63) is 30.3 Å². The number of benzene rings is 1. The lowest BCUT2D eigenvalue weighted by atomic mass is 9.48. The molecule has 4 saturated carbocycles. The highest BCUT2D eigenvalue weighted by atomic mass is 16.5. The molecular weight excluding hydrogens is 356 g/mol. The molecule has 1 aromatic carbocycles. The molecule has 5 rings (SSSR count). The van der Waals surface area contributed by atoms with Gasteiger partial charge in [-0.2, -0.15) is 0 Å². The van der Waals surface area contributed by atoms with Crippen molar-refractivity contribution in [2.24, 2.45) is 23.2 Å². The van der Waals surface area contributed by atoms with Crippen LogP contribution < -0.4 is 10.6 Å². The van der Waals surface area contributed by atoms with Crippen LogP contribution in [0.3, 0.4) is 0 Å². The third-order valence-corrected chi connectivity index (χ3v) is 6.64. The summed E-state index contributed by atoms with van der Waals surface area (Å²) < 4.78 is 5.23. The van der Waals surface area contributed by atoms with Gasteiger partial charge >= 0.3 is 12.0 Å². The smallest absolute Gasteiger partial charge is 0.319 e. The minimum atomic E-state index is -0.446. The molecule has 0 atom stereocenters. The minimum absolute atomic E-state index is 0.0519. The van der Waals surface area contributed by atoms with Crippen molar-refractivity contribution in [3.63, 3.8) is 0 Å². The number of Topliss-reactive ketones (excluding diaryl/α,β-unsaturated/α-hetero) is 1. The molecule has 0 radical (unpaired) electrons. The van der Waals surface area contributed by atoms with Gasteiger partial charge in [0.05, 0.1) is 6.42 Å². The number of rotatable bonds is 7. The average Bonchev–Trinajstić information content (AvgIpc) is 2.66. The molecule has 150 valence electrons. The van der Waals surface area contributed by atoms with Gasteiger partial charge in [-0.1, -0.05) is 18.2 Å². The van der Waals surface area contributed by atoms with Crippen LogP contribution in [0.4, 0.5) is 10.5 Å². The second-order valence-corrected chi connectivity index (χ2v) is 8.78. The zero-order chi connectivity index (χ0) is 19.6. The lowest BCUT2D eigenvalue weighted by Crippen LogP contribution is -2.51. The Bertz CT molecular complexity index is 711. The molecule has 4 bridgehead atoms. The third kappa shape index (κ3) is 4.21. The Morgan fingerprint density at radius 1 is 0.964 bits per heavy atom. The predicted molar refractivity (Wildman–Crippen MR) is 105 cm³/mol. The topological polar surface area (TPSA) is 84.5 Å². The van der Waals surface area contributed by atoms with Crippen molar-refractivity contribution >= 4 is 23.5 Å². The number of ether oxygens (including phenoxy) is 1. The molecule has 6 heteroatoms. The maximum absolute atomic E-state index is 12.8. The van der Waals surface area contributed by atoms with E-state index in [-0.39, 0.29) is 36.8 Å². The van der Waals surface area contributed by atoms with Crippen LogP contribution in [0.15, 0.2) is 30.3 Å². The fourth-order valence-electron chi connectivity index (χ4n) is 5.80. The molecule has 2 N–H and O–H groups in total. The Balaban J connectivity index is 1.17. The fraction of sp³-hybridized carbons (Fsp3) is 0.591. The Labute approximate surface area is 165 Å². The van der Waals surface area contributed by atoms with Crippen molar-refractivity contribution in [3.8, 4) is 0 Å². The third-order valence-electron chi connectivity index (χ3n) is 6.64. The van der Waals surface area contributed by atoms with E-state index in [0.717, 1.165) is 19.3 Å². The molecule has 4 fully saturated rings. The van der Waals surface area contributed by atoms with Crippen molar-refractivity contribution in [2.75, 3.05) is 18.5 Å². The highest BCUT2D eigenvalue weighted by molar-refractivity contribution is 5.90. The quantitative estimate of drug-likeness (QED) is 0.705. The van der Waals surface area contributed by atoms with Gasteiger partial charge in [-0.25, -0.2) is 4.79 Å². The molecule has 0 spiro atoms. The number of hydrogen-bond acceptors (Lipinski definition) is 4. The molecule has 4 aliphatic carbocycles. The predicted octanol–water partition coefficient (Wildman–Crippen LogP) is 3.53. The van der Waals surface area contributed by atoms with E-state index in [0.29, 0.717) is 23.4 Å². The van der Waals surface area contributed by atoms with E-state index in [1.54, 1.807) is 12.1 Å². The first-order chi connectivity index (χ1) is 13.5. The van der Waals surface area contributed by atoms with Crippen LogP contribution in [0.1, 0.15) is 44.9 Å². The Morgan fingerprint density at radius 2 is 1.57 bits per heavy atom. The van der Waals surface area contributed by atoms with Gasteiger partial charge < -0.3 is 15.4 Å². The van der Waals surface area contributed by atoms with Crippen molar-refractivity contribution in [2.45, 2.75) is 44.9 Å². The highest BCUT2D eigenvalue weighted by Crippen LogP contribution is 2.60.